The summed E-state index contributed by atoms with van der Waals surface area (Å²) < 4.78 is 87.6. The fraction of sp³-hybridized carbons (Fsp3) is 0.840. The molecule has 0 aromatic carbocycles. The van der Waals surface area contributed by atoms with Crippen LogP contribution in [0.5, 0.6) is 0 Å². The number of nitrogens with zero attached hydrogens (tertiary/aromatic N) is 4. The van der Waals surface area contributed by atoms with Gasteiger partial charge in [-0.25, -0.2) is 8.93 Å². The summed E-state index contributed by atoms with van der Waals surface area (Å²) in [5, 5.41) is 58.4. The highest BCUT2D eigenvalue weighted by molar-refractivity contribution is 7.84. The van der Waals surface area contributed by atoms with Crippen molar-refractivity contribution >= 4 is 56.0 Å². The molecule has 0 saturated heterocycles. The van der Waals surface area contributed by atoms with E-state index in [1.165, 1.54) is 6.92 Å². The smallest absolute Gasteiger partial charge is 0.335 e. The molecule has 0 amide bonds. The van der Waals surface area contributed by atoms with Crippen molar-refractivity contribution in [3.05, 3.63) is 0 Å². The van der Waals surface area contributed by atoms with Gasteiger partial charge in [0.2, 0.25) is 29.1 Å². The fourth-order valence-electron chi connectivity index (χ4n) is 4.68. The Kier molecular flexibility index (Phi) is 21.4. The predicted molar refractivity (Wildman–Crippen MR) is 183 cm³/mol. The average Bonchev–Trinajstić information content (AvgIpc) is 2.95. The maximum Gasteiger partial charge on any atom is 0.335 e. The molecule has 1 aromatic rings. The molecule has 0 aliphatic carbocycles. The van der Waals surface area contributed by atoms with Crippen LogP contribution >= 0.6 is 0 Å². The molecular weight excluding hydrogens is 747 g/mol. The average molecular weight is 798 g/mol. The van der Waals surface area contributed by atoms with E-state index in [1.807, 2.05) is 4.72 Å². The first-order valence-electron chi connectivity index (χ1n) is 16.0. The number of aromatic nitrogens is 3. The molecular formula is C25H51N9O14S3. The highest BCUT2D eigenvalue weighted by atomic mass is 32.2. The monoisotopic (exact) mass is 797 g/mol. The van der Waals surface area contributed by atoms with Gasteiger partial charge in [0.15, 0.2) is 0 Å². The van der Waals surface area contributed by atoms with Crippen LogP contribution < -0.4 is 29.7 Å². The zero-order valence-corrected chi connectivity index (χ0v) is 30.6. The summed E-state index contributed by atoms with van der Waals surface area (Å²) in [6, 6.07) is -1.06. The molecule has 0 fully saturated rings. The molecule has 8 unspecified atom stereocenters. The summed E-state index contributed by atoms with van der Waals surface area (Å²) in [5.41, 5.74) is 0. The quantitative estimate of drug-likeness (QED) is 0.0141. The van der Waals surface area contributed by atoms with Crippen LogP contribution in [0, 0.1) is 0 Å². The van der Waals surface area contributed by atoms with Crippen molar-refractivity contribution in [3.63, 3.8) is 0 Å². The number of carbonyl (C=O) groups is 1. The number of anilines is 3. The number of aldehydes is 1. The lowest BCUT2D eigenvalue weighted by Gasteiger charge is -2.33. The number of aliphatic hydroxyl groups is 5. The molecule has 23 nitrogen and oxygen atoms in total. The van der Waals surface area contributed by atoms with Crippen molar-refractivity contribution < 1.29 is 65.0 Å². The molecule has 0 aliphatic rings. The highest BCUT2D eigenvalue weighted by Gasteiger charge is 2.28. The van der Waals surface area contributed by atoms with Gasteiger partial charge in [0.1, 0.15) is 37.4 Å². The molecule has 0 radical (unpaired) electrons. The summed E-state index contributed by atoms with van der Waals surface area (Å²) in [6.45, 7) is 3.16. The van der Waals surface area contributed by atoms with E-state index in [-0.39, 0.29) is 88.1 Å². The van der Waals surface area contributed by atoms with E-state index in [4.69, 9.17) is 13.7 Å². The Morgan fingerprint density at radius 3 is 1.63 bits per heavy atom. The highest BCUT2D eigenvalue weighted by Crippen LogP contribution is 2.23. The van der Waals surface area contributed by atoms with Crippen molar-refractivity contribution in [1.82, 2.24) is 29.1 Å². The van der Waals surface area contributed by atoms with Crippen molar-refractivity contribution in [2.45, 2.75) is 134 Å². The van der Waals surface area contributed by atoms with Crippen LogP contribution in [0.15, 0.2) is 0 Å². The zero-order valence-electron chi connectivity index (χ0n) is 28.1. The third-order valence-electron chi connectivity index (χ3n) is 6.98. The van der Waals surface area contributed by atoms with E-state index in [9.17, 15) is 51.4 Å². The Hall–Kier alpha value is -2.31. The van der Waals surface area contributed by atoms with Crippen LogP contribution in [0.1, 0.15) is 90.9 Å². The van der Waals surface area contributed by atoms with Crippen LogP contribution in [-0.4, -0.2) is 125 Å². The predicted octanol–water partition coefficient (Wildman–Crippen LogP) is -1.74. The summed E-state index contributed by atoms with van der Waals surface area (Å²) >= 11 is -2.22. The molecule has 0 aliphatic heterocycles. The third-order valence-corrected chi connectivity index (χ3v) is 8.85. The molecule has 1 aromatic heterocycles. The largest absolute Gasteiger partial charge is 0.378 e. The van der Waals surface area contributed by atoms with E-state index in [1.54, 1.807) is 11.6 Å². The number of carbonyl (C=O) groups excluding carboxylic acids is 1. The minimum Gasteiger partial charge on any atom is -0.378 e. The minimum atomic E-state index is -4.66. The second-order valence-corrected chi connectivity index (χ2v) is 14.8. The Balaban J connectivity index is 3.30. The van der Waals surface area contributed by atoms with E-state index < -0.39 is 69.1 Å². The number of hydrogen-bond donors (Lipinski definition) is 13. The second kappa shape index (κ2) is 23.4. The van der Waals surface area contributed by atoms with Crippen LogP contribution in [-0.2, 0) is 36.7 Å². The standard InChI is InChI=1S/C25H51N9O14S3/c1-16(31-49(41)42)8-5-10-18(36)26-23-28-24(27-19(37)11-7-12-20(38)33-51(46,47)48)30-25(29-23)34(21(39)13-3-4-15-35)22(40)14-6-9-17(2)32-50(43,44)45/h15-22,31-33,36-40H,3-14H2,1-2H3,(H,41,42)(H,43,44,45)(H,46,47,48)(H2,26,27,28,29,30). The Morgan fingerprint density at radius 1 is 0.686 bits per heavy atom. The van der Waals surface area contributed by atoms with E-state index in [0.29, 0.717) is 19.1 Å². The van der Waals surface area contributed by atoms with Crippen molar-refractivity contribution in [2.75, 3.05) is 15.5 Å². The third kappa shape index (κ3) is 22.4. The lowest BCUT2D eigenvalue weighted by molar-refractivity contribution is -0.108. The summed E-state index contributed by atoms with van der Waals surface area (Å²) in [6.07, 6.45) is -5.49. The lowest BCUT2D eigenvalue weighted by Crippen LogP contribution is -2.45. The Morgan fingerprint density at radius 2 is 1.14 bits per heavy atom. The first-order chi connectivity index (χ1) is 23.7. The molecule has 1 heterocycles. The van der Waals surface area contributed by atoms with Gasteiger partial charge in [0.25, 0.3) is 0 Å². The van der Waals surface area contributed by atoms with Crippen LogP contribution in [0.2, 0.25) is 0 Å². The molecule has 26 heteroatoms. The molecule has 0 spiro atoms. The van der Waals surface area contributed by atoms with Crippen molar-refractivity contribution in [2.24, 2.45) is 0 Å². The molecule has 1 rings (SSSR count). The van der Waals surface area contributed by atoms with E-state index in [2.05, 4.69) is 30.3 Å². The van der Waals surface area contributed by atoms with Crippen molar-refractivity contribution in [3.8, 4) is 0 Å². The molecule has 8 atom stereocenters. The van der Waals surface area contributed by atoms with Gasteiger partial charge in [0, 0.05) is 18.5 Å². The first-order valence-corrected chi connectivity index (χ1v) is 20.0. The van der Waals surface area contributed by atoms with Gasteiger partial charge < -0.3 is 41.0 Å². The van der Waals surface area contributed by atoms with Gasteiger partial charge in [-0.2, -0.15) is 41.2 Å². The topological polar surface area (TPSA) is 366 Å². The SMILES string of the molecule is CC(CCCC(O)Nc1nc(NC(O)CCCC(O)NS(=O)(=O)O)nc(N(C(O)CCCC=O)C(O)CCCC(C)NS(=O)(=O)O)n1)NS(=O)O. The van der Waals surface area contributed by atoms with E-state index >= 15 is 0 Å². The number of aliphatic hydroxyl groups excluding tert-OH is 5. The van der Waals surface area contributed by atoms with Gasteiger partial charge in [-0.3, -0.25) is 18.6 Å². The van der Waals surface area contributed by atoms with Gasteiger partial charge in [-0.05, 0) is 84.5 Å². The van der Waals surface area contributed by atoms with Crippen LogP contribution in [0.4, 0.5) is 17.8 Å². The fourth-order valence-corrected chi connectivity index (χ4v) is 6.23. The van der Waals surface area contributed by atoms with Crippen LogP contribution in [0.25, 0.3) is 0 Å². The number of unbranched alkanes of at least 4 members (excludes halogenated alkanes) is 1. The van der Waals surface area contributed by atoms with Gasteiger partial charge in [0.05, 0.1) is 0 Å². The van der Waals surface area contributed by atoms with E-state index in [0.717, 1.165) is 4.90 Å². The van der Waals surface area contributed by atoms with Crippen molar-refractivity contribution in [1.29, 1.82) is 0 Å². The minimum absolute atomic E-state index is 0.0297. The van der Waals surface area contributed by atoms with Crippen LogP contribution in [0.3, 0.4) is 0 Å². The van der Waals surface area contributed by atoms with Gasteiger partial charge in [-0.1, -0.05) is 0 Å². The molecule has 0 saturated carbocycles. The number of rotatable bonds is 29. The number of nitrogens with one attached hydrogen (secondary N) is 5. The van der Waals surface area contributed by atoms with Gasteiger partial charge >= 0.3 is 20.6 Å². The molecule has 298 valence electrons. The lowest BCUT2D eigenvalue weighted by atomic mass is 10.1. The molecule has 51 heavy (non-hydrogen) atoms. The maximum atomic E-state index is 11.2. The zero-order chi connectivity index (χ0) is 38.8. The molecule has 0 bridgehead atoms. The second-order valence-electron chi connectivity index (χ2n) is 11.7. The number of hydrogen-bond acceptors (Lipinski definition) is 17. The summed E-state index contributed by atoms with van der Waals surface area (Å²) in [7, 11) is -9.13. The first kappa shape index (κ1) is 46.7. The summed E-state index contributed by atoms with van der Waals surface area (Å²) in [5.74, 6) is -0.938. The maximum absolute atomic E-state index is 11.2. The van der Waals surface area contributed by atoms with Gasteiger partial charge in [-0.15, -0.1) is 0 Å². The molecule has 13 N–H and O–H groups in total. The Bertz CT molecular complexity index is 1420. The Labute approximate surface area is 299 Å². The summed E-state index contributed by atoms with van der Waals surface area (Å²) in [4.78, 5) is 24.5. The normalized spacial score (nSPS) is 17.1.